The highest BCUT2D eigenvalue weighted by atomic mass is 35.5. The Labute approximate surface area is 107 Å². The van der Waals surface area contributed by atoms with Crippen LogP contribution in [-0.2, 0) is 11.2 Å². The van der Waals surface area contributed by atoms with E-state index in [1.165, 1.54) is 0 Å². The van der Waals surface area contributed by atoms with Crippen molar-refractivity contribution < 1.29 is 9.90 Å². The van der Waals surface area contributed by atoms with Crippen LogP contribution in [0.25, 0.3) is 0 Å². The molecule has 1 aromatic rings. The first-order valence-corrected chi connectivity index (χ1v) is 5.99. The average molecular weight is 256 g/mol. The van der Waals surface area contributed by atoms with Crippen molar-refractivity contribution in [2.45, 2.75) is 32.8 Å². The lowest BCUT2D eigenvalue weighted by Gasteiger charge is -2.13. The quantitative estimate of drug-likeness (QED) is 0.627. The Hall–Kier alpha value is -1.06. The first-order valence-electron chi connectivity index (χ1n) is 5.62. The SMILES string of the molecule is Cc1cc(C[C@H](C=O)CC(C)O)cc(Cl)c1N. The molecule has 1 aromatic carbocycles. The summed E-state index contributed by atoms with van der Waals surface area (Å²) in [6.45, 7) is 3.56. The summed E-state index contributed by atoms with van der Waals surface area (Å²) in [5.41, 5.74) is 8.21. The number of benzene rings is 1. The number of halogens is 1. The topological polar surface area (TPSA) is 63.3 Å². The summed E-state index contributed by atoms with van der Waals surface area (Å²) in [5, 5.41) is 9.80. The van der Waals surface area contributed by atoms with Gasteiger partial charge in [-0.1, -0.05) is 17.7 Å². The zero-order chi connectivity index (χ0) is 13.0. The van der Waals surface area contributed by atoms with Crippen molar-refractivity contribution in [2.24, 2.45) is 5.92 Å². The minimum atomic E-state index is -0.476. The van der Waals surface area contributed by atoms with Gasteiger partial charge in [0.05, 0.1) is 16.8 Å². The standard InChI is InChI=1S/C13H18ClNO2/c1-8-3-10(6-12(14)13(8)15)5-11(7-16)4-9(2)17/h3,6-7,9,11,17H,4-5,15H2,1-2H3/t9?,11-/m1/s1. The molecule has 2 atom stereocenters. The van der Waals surface area contributed by atoms with Gasteiger partial charge in [-0.3, -0.25) is 0 Å². The maximum atomic E-state index is 10.9. The molecule has 0 fully saturated rings. The van der Waals surface area contributed by atoms with Gasteiger partial charge in [-0.15, -0.1) is 0 Å². The summed E-state index contributed by atoms with van der Waals surface area (Å²) in [5.74, 6) is -0.186. The summed E-state index contributed by atoms with van der Waals surface area (Å²) in [4.78, 5) is 10.9. The summed E-state index contributed by atoms with van der Waals surface area (Å²) >= 11 is 5.99. The maximum Gasteiger partial charge on any atom is 0.123 e. The first-order chi connectivity index (χ1) is 7.93. The Morgan fingerprint density at radius 2 is 2.18 bits per heavy atom. The number of hydrogen-bond donors (Lipinski definition) is 2. The highest BCUT2D eigenvalue weighted by Crippen LogP contribution is 2.26. The number of nitrogen functional groups attached to an aromatic ring is 1. The molecule has 17 heavy (non-hydrogen) atoms. The number of nitrogens with two attached hydrogens (primary N) is 1. The van der Waals surface area contributed by atoms with Gasteiger partial charge in [0.25, 0.3) is 0 Å². The van der Waals surface area contributed by atoms with Crippen LogP contribution in [0, 0.1) is 12.8 Å². The van der Waals surface area contributed by atoms with E-state index in [0.29, 0.717) is 23.6 Å². The lowest BCUT2D eigenvalue weighted by atomic mass is 9.94. The van der Waals surface area contributed by atoms with Crippen LogP contribution >= 0.6 is 11.6 Å². The molecule has 0 aliphatic rings. The van der Waals surface area contributed by atoms with Crippen LogP contribution in [0.3, 0.4) is 0 Å². The van der Waals surface area contributed by atoms with E-state index in [-0.39, 0.29) is 5.92 Å². The minimum absolute atomic E-state index is 0.186. The number of aliphatic hydroxyl groups is 1. The molecule has 0 saturated carbocycles. The number of aldehydes is 1. The first kappa shape index (κ1) is 14.0. The molecule has 0 heterocycles. The van der Waals surface area contributed by atoms with E-state index in [2.05, 4.69) is 0 Å². The minimum Gasteiger partial charge on any atom is -0.397 e. The van der Waals surface area contributed by atoms with E-state index in [9.17, 15) is 9.90 Å². The Kier molecular flexibility index (Phi) is 4.97. The van der Waals surface area contributed by atoms with Crippen molar-refractivity contribution in [3.63, 3.8) is 0 Å². The summed E-state index contributed by atoms with van der Waals surface area (Å²) in [7, 11) is 0. The van der Waals surface area contributed by atoms with Crippen molar-refractivity contribution in [1.82, 2.24) is 0 Å². The van der Waals surface area contributed by atoms with Crippen molar-refractivity contribution in [1.29, 1.82) is 0 Å². The van der Waals surface area contributed by atoms with Crippen LogP contribution in [0.1, 0.15) is 24.5 Å². The van der Waals surface area contributed by atoms with E-state index >= 15 is 0 Å². The molecular weight excluding hydrogens is 238 g/mol. The van der Waals surface area contributed by atoms with Gasteiger partial charge in [0.2, 0.25) is 0 Å². The molecule has 0 radical (unpaired) electrons. The smallest absolute Gasteiger partial charge is 0.123 e. The van der Waals surface area contributed by atoms with Crippen molar-refractivity contribution in [2.75, 3.05) is 5.73 Å². The molecule has 0 bridgehead atoms. The molecule has 0 aliphatic carbocycles. The average Bonchev–Trinajstić information content (AvgIpc) is 2.24. The Morgan fingerprint density at radius 1 is 1.53 bits per heavy atom. The van der Waals surface area contributed by atoms with Crippen LogP contribution in [0.5, 0.6) is 0 Å². The fraction of sp³-hybridized carbons (Fsp3) is 0.462. The summed E-state index contributed by atoms with van der Waals surface area (Å²) in [6, 6.07) is 3.71. The second kappa shape index (κ2) is 6.03. The molecule has 0 spiro atoms. The number of aryl methyl sites for hydroxylation is 1. The summed E-state index contributed by atoms with van der Waals surface area (Å²) in [6.07, 6.45) is 1.45. The Bertz CT molecular complexity index is 381. The number of carbonyl (C=O) groups excluding carboxylic acids is 1. The molecule has 0 amide bonds. The van der Waals surface area contributed by atoms with Gasteiger partial charge in [-0.05, 0) is 43.9 Å². The highest BCUT2D eigenvalue weighted by Gasteiger charge is 2.13. The monoisotopic (exact) mass is 255 g/mol. The molecule has 3 nitrogen and oxygen atoms in total. The number of aliphatic hydroxyl groups excluding tert-OH is 1. The number of rotatable bonds is 5. The molecule has 1 rings (SSSR count). The normalized spacial score (nSPS) is 14.4. The van der Waals surface area contributed by atoms with Crippen LogP contribution in [0.4, 0.5) is 5.69 Å². The zero-order valence-corrected chi connectivity index (χ0v) is 10.9. The van der Waals surface area contributed by atoms with E-state index in [4.69, 9.17) is 17.3 Å². The lowest BCUT2D eigenvalue weighted by molar-refractivity contribution is -0.111. The van der Waals surface area contributed by atoms with E-state index in [0.717, 1.165) is 17.4 Å². The molecule has 94 valence electrons. The third kappa shape index (κ3) is 4.02. The van der Waals surface area contributed by atoms with Crippen LogP contribution < -0.4 is 5.73 Å². The van der Waals surface area contributed by atoms with E-state index in [1.54, 1.807) is 13.0 Å². The van der Waals surface area contributed by atoms with Crippen molar-refractivity contribution in [3.8, 4) is 0 Å². The fourth-order valence-electron chi connectivity index (χ4n) is 1.87. The molecule has 0 aliphatic heterocycles. The number of anilines is 1. The second-order valence-corrected chi connectivity index (χ2v) is 4.90. The van der Waals surface area contributed by atoms with Crippen molar-refractivity contribution >= 4 is 23.6 Å². The molecular formula is C13H18ClNO2. The lowest BCUT2D eigenvalue weighted by Crippen LogP contribution is -2.14. The molecule has 1 unspecified atom stereocenters. The van der Waals surface area contributed by atoms with Gasteiger partial charge < -0.3 is 15.6 Å². The second-order valence-electron chi connectivity index (χ2n) is 4.49. The molecule has 0 aromatic heterocycles. The Morgan fingerprint density at radius 3 is 2.65 bits per heavy atom. The highest BCUT2D eigenvalue weighted by molar-refractivity contribution is 6.33. The summed E-state index contributed by atoms with van der Waals surface area (Å²) < 4.78 is 0. The molecule has 4 heteroatoms. The van der Waals surface area contributed by atoms with Gasteiger partial charge >= 0.3 is 0 Å². The van der Waals surface area contributed by atoms with E-state index in [1.807, 2.05) is 13.0 Å². The molecule has 3 N–H and O–H groups in total. The number of carbonyl (C=O) groups is 1. The van der Waals surface area contributed by atoms with Crippen LogP contribution in [0.2, 0.25) is 5.02 Å². The van der Waals surface area contributed by atoms with Gasteiger partial charge in [0.15, 0.2) is 0 Å². The van der Waals surface area contributed by atoms with Crippen LogP contribution in [0.15, 0.2) is 12.1 Å². The van der Waals surface area contributed by atoms with Gasteiger partial charge in [0, 0.05) is 5.92 Å². The fourth-order valence-corrected chi connectivity index (χ4v) is 2.16. The predicted octanol–water partition coefficient (Wildman–Crippen LogP) is 2.36. The van der Waals surface area contributed by atoms with Crippen LogP contribution in [-0.4, -0.2) is 17.5 Å². The maximum absolute atomic E-state index is 10.9. The largest absolute Gasteiger partial charge is 0.397 e. The zero-order valence-electron chi connectivity index (χ0n) is 10.1. The van der Waals surface area contributed by atoms with Crippen molar-refractivity contribution in [3.05, 3.63) is 28.3 Å². The van der Waals surface area contributed by atoms with Gasteiger partial charge in [-0.2, -0.15) is 0 Å². The van der Waals surface area contributed by atoms with Gasteiger partial charge in [0.1, 0.15) is 6.29 Å². The third-order valence-electron chi connectivity index (χ3n) is 2.73. The predicted molar refractivity (Wildman–Crippen MR) is 70.2 cm³/mol. The molecule has 0 saturated heterocycles. The Balaban J connectivity index is 2.83. The van der Waals surface area contributed by atoms with Gasteiger partial charge in [-0.25, -0.2) is 0 Å². The van der Waals surface area contributed by atoms with E-state index < -0.39 is 6.10 Å². The third-order valence-corrected chi connectivity index (χ3v) is 3.04. The number of hydrogen-bond acceptors (Lipinski definition) is 3.